The van der Waals surface area contributed by atoms with Crippen molar-refractivity contribution >= 4 is 22.6 Å². The van der Waals surface area contributed by atoms with Crippen molar-refractivity contribution in [1.29, 1.82) is 0 Å². The molecular formula is C12H16FIO. The molecule has 0 aliphatic carbocycles. The topological polar surface area (TPSA) is 9.23 Å². The highest BCUT2D eigenvalue weighted by Gasteiger charge is 2.11. The maximum Gasteiger partial charge on any atom is 0.126 e. The Bertz CT molecular complexity index is 339. The normalized spacial score (nSPS) is 12.9. The van der Waals surface area contributed by atoms with Crippen molar-refractivity contribution in [2.24, 2.45) is 5.92 Å². The third kappa shape index (κ3) is 3.41. The average molecular weight is 322 g/mol. The molecule has 0 saturated heterocycles. The second kappa shape index (κ2) is 5.80. The summed E-state index contributed by atoms with van der Waals surface area (Å²) >= 11 is 2.26. The Hall–Kier alpha value is -0.160. The smallest absolute Gasteiger partial charge is 0.126 e. The fourth-order valence-corrected chi connectivity index (χ4v) is 2.44. The van der Waals surface area contributed by atoms with Gasteiger partial charge in [-0.3, -0.25) is 0 Å². The molecule has 0 aromatic heterocycles. The van der Waals surface area contributed by atoms with Crippen LogP contribution in [0.5, 0.6) is 0 Å². The average Bonchev–Trinajstić information content (AvgIpc) is 2.19. The van der Waals surface area contributed by atoms with Crippen LogP contribution in [0.15, 0.2) is 12.1 Å². The molecule has 0 aliphatic rings. The van der Waals surface area contributed by atoms with Crippen LogP contribution in [0.1, 0.15) is 18.1 Å². The number of ether oxygens (including phenoxy) is 1. The number of hydrogen-bond acceptors (Lipinski definition) is 1. The maximum absolute atomic E-state index is 13.4. The lowest BCUT2D eigenvalue weighted by Gasteiger charge is -2.14. The van der Waals surface area contributed by atoms with Gasteiger partial charge in [-0.05, 0) is 65.1 Å². The van der Waals surface area contributed by atoms with Crippen molar-refractivity contribution in [1.82, 2.24) is 0 Å². The van der Waals surface area contributed by atoms with Gasteiger partial charge in [-0.25, -0.2) is 4.39 Å². The highest BCUT2D eigenvalue weighted by Crippen LogP contribution is 2.22. The van der Waals surface area contributed by atoms with Crippen LogP contribution in [0, 0.1) is 22.2 Å². The van der Waals surface area contributed by atoms with Gasteiger partial charge in [0.05, 0.1) is 0 Å². The maximum atomic E-state index is 13.4. The number of benzene rings is 1. The summed E-state index contributed by atoms with van der Waals surface area (Å²) in [6.45, 7) is 4.67. The van der Waals surface area contributed by atoms with Crippen molar-refractivity contribution in [3.05, 3.63) is 32.6 Å². The lowest BCUT2D eigenvalue weighted by atomic mass is 9.98. The molecule has 84 valence electrons. The molecule has 1 atom stereocenters. The van der Waals surface area contributed by atoms with Gasteiger partial charge in [-0.2, -0.15) is 0 Å². The lowest BCUT2D eigenvalue weighted by molar-refractivity contribution is 0.159. The van der Waals surface area contributed by atoms with Gasteiger partial charge in [0.1, 0.15) is 5.82 Å². The zero-order chi connectivity index (χ0) is 11.4. The van der Waals surface area contributed by atoms with Crippen LogP contribution in [0.3, 0.4) is 0 Å². The Morgan fingerprint density at radius 2 is 2.13 bits per heavy atom. The molecule has 3 heteroatoms. The molecule has 0 bridgehead atoms. The lowest BCUT2D eigenvalue weighted by Crippen LogP contribution is -2.10. The summed E-state index contributed by atoms with van der Waals surface area (Å²) in [4.78, 5) is 0. The van der Waals surface area contributed by atoms with Crippen molar-refractivity contribution in [3.8, 4) is 0 Å². The molecule has 0 unspecified atom stereocenters. The Morgan fingerprint density at radius 1 is 1.47 bits per heavy atom. The van der Waals surface area contributed by atoms with Gasteiger partial charge in [0.2, 0.25) is 0 Å². The van der Waals surface area contributed by atoms with E-state index in [2.05, 4.69) is 29.5 Å². The minimum absolute atomic E-state index is 0.116. The van der Waals surface area contributed by atoms with Gasteiger partial charge in [0, 0.05) is 17.3 Å². The van der Waals surface area contributed by atoms with Gasteiger partial charge in [-0.15, -0.1) is 0 Å². The van der Waals surface area contributed by atoms with Crippen LogP contribution in [-0.4, -0.2) is 13.7 Å². The predicted octanol–water partition coefficient (Wildman–Crippen LogP) is 3.56. The van der Waals surface area contributed by atoms with E-state index in [-0.39, 0.29) is 5.82 Å². The molecule has 0 amide bonds. The monoisotopic (exact) mass is 322 g/mol. The summed E-state index contributed by atoms with van der Waals surface area (Å²) in [5.41, 5.74) is 1.88. The molecule has 0 saturated carbocycles. The minimum atomic E-state index is -0.116. The molecule has 15 heavy (non-hydrogen) atoms. The summed E-state index contributed by atoms with van der Waals surface area (Å²) in [6.07, 6.45) is 0.871. The first-order chi connectivity index (χ1) is 7.06. The quantitative estimate of drug-likeness (QED) is 0.770. The highest BCUT2D eigenvalue weighted by atomic mass is 127. The van der Waals surface area contributed by atoms with Crippen molar-refractivity contribution in [2.45, 2.75) is 20.3 Å². The first kappa shape index (κ1) is 12.9. The molecule has 0 radical (unpaired) electrons. The van der Waals surface area contributed by atoms with E-state index < -0.39 is 0 Å². The third-order valence-corrected chi connectivity index (χ3v) is 3.49. The summed E-state index contributed by atoms with van der Waals surface area (Å²) in [7, 11) is 1.69. The van der Waals surface area contributed by atoms with Gasteiger partial charge < -0.3 is 4.74 Å². The standard InChI is InChI=1S/C12H16FIO/c1-8(7-15-3)6-10-9(2)11(13)4-5-12(10)14/h4-5,8H,6-7H2,1-3H3/t8-/m1/s1. The second-order valence-electron chi connectivity index (χ2n) is 3.90. The molecule has 0 spiro atoms. The van der Waals surface area contributed by atoms with Gasteiger partial charge >= 0.3 is 0 Å². The summed E-state index contributed by atoms with van der Waals surface area (Å²) in [5, 5.41) is 0. The first-order valence-electron chi connectivity index (χ1n) is 4.98. The van der Waals surface area contributed by atoms with Crippen molar-refractivity contribution in [2.75, 3.05) is 13.7 Å². The zero-order valence-corrected chi connectivity index (χ0v) is 11.5. The van der Waals surface area contributed by atoms with E-state index in [1.807, 2.05) is 13.0 Å². The van der Waals surface area contributed by atoms with E-state index in [1.165, 1.54) is 6.07 Å². The van der Waals surface area contributed by atoms with Gasteiger partial charge in [0.15, 0.2) is 0 Å². The SMILES string of the molecule is COC[C@H](C)Cc1c(I)ccc(F)c1C. The fraction of sp³-hybridized carbons (Fsp3) is 0.500. The summed E-state index contributed by atoms with van der Waals surface area (Å²) in [5.74, 6) is 0.305. The Kier molecular flexibility index (Phi) is 4.99. The van der Waals surface area contributed by atoms with E-state index in [0.717, 1.165) is 21.1 Å². The van der Waals surface area contributed by atoms with E-state index in [4.69, 9.17) is 4.74 Å². The van der Waals surface area contributed by atoms with Crippen LogP contribution in [0.4, 0.5) is 4.39 Å². The predicted molar refractivity (Wildman–Crippen MR) is 68.6 cm³/mol. The summed E-state index contributed by atoms with van der Waals surface area (Å²) in [6, 6.07) is 3.36. The summed E-state index contributed by atoms with van der Waals surface area (Å²) < 4.78 is 19.6. The van der Waals surface area contributed by atoms with Gasteiger partial charge in [-0.1, -0.05) is 6.92 Å². The number of halogens is 2. The zero-order valence-electron chi connectivity index (χ0n) is 9.31. The Morgan fingerprint density at radius 3 is 2.73 bits per heavy atom. The van der Waals surface area contributed by atoms with Crippen LogP contribution in [0.2, 0.25) is 0 Å². The molecule has 1 rings (SSSR count). The molecule has 0 N–H and O–H groups in total. The highest BCUT2D eigenvalue weighted by molar-refractivity contribution is 14.1. The van der Waals surface area contributed by atoms with Crippen molar-refractivity contribution in [3.63, 3.8) is 0 Å². The molecule has 1 nitrogen and oxygen atoms in total. The second-order valence-corrected chi connectivity index (χ2v) is 5.06. The minimum Gasteiger partial charge on any atom is -0.384 e. The third-order valence-electron chi connectivity index (χ3n) is 2.48. The van der Waals surface area contributed by atoms with Crippen LogP contribution in [-0.2, 0) is 11.2 Å². The molecule has 1 aromatic carbocycles. The molecule has 0 fully saturated rings. The molecule has 0 aliphatic heterocycles. The molecular weight excluding hydrogens is 306 g/mol. The van der Waals surface area contributed by atoms with Gasteiger partial charge in [0.25, 0.3) is 0 Å². The van der Waals surface area contributed by atoms with E-state index >= 15 is 0 Å². The van der Waals surface area contributed by atoms with Crippen LogP contribution >= 0.6 is 22.6 Å². The number of rotatable bonds is 4. The largest absolute Gasteiger partial charge is 0.384 e. The van der Waals surface area contributed by atoms with E-state index in [0.29, 0.717) is 12.5 Å². The molecule has 0 heterocycles. The van der Waals surface area contributed by atoms with Crippen LogP contribution in [0.25, 0.3) is 0 Å². The van der Waals surface area contributed by atoms with Crippen molar-refractivity contribution < 1.29 is 9.13 Å². The Labute approximate surface area is 104 Å². The number of methoxy groups -OCH3 is 1. The molecule has 1 aromatic rings. The van der Waals surface area contributed by atoms with Crippen LogP contribution < -0.4 is 0 Å². The van der Waals surface area contributed by atoms with E-state index in [1.54, 1.807) is 7.11 Å². The number of hydrogen-bond donors (Lipinski definition) is 0. The first-order valence-corrected chi connectivity index (χ1v) is 6.06. The van der Waals surface area contributed by atoms with E-state index in [9.17, 15) is 4.39 Å². The Balaban J connectivity index is 2.88. The fourth-order valence-electron chi connectivity index (χ4n) is 1.64.